The molecular weight excluding hydrogens is 255 g/mol. The Kier molecular flexibility index (Phi) is 2.50. The number of ether oxygens (including phenoxy) is 1. The minimum Gasteiger partial charge on any atom is -0.338 e. The summed E-state index contributed by atoms with van der Waals surface area (Å²) in [4.78, 5) is 0. The van der Waals surface area contributed by atoms with E-state index in [0.717, 1.165) is 0 Å². The van der Waals surface area contributed by atoms with Crippen LogP contribution in [0.3, 0.4) is 0 Å². The van der Waals surface area contributed by atoms with E-state index in [1.165, 1.54) is 0 Å². The van der Waals surface area contributed by atoms with Crippen LogP contribution in [0.5, 0.6) is 0 Å². The zero-order valence-corrected chi connectivity index (χ0v) is 7.66. The van der Waals surface area contributed by atoms with Crippen molar-refractivity contribution < 1.29 is 43.5 Å². The van der Waals surface area contributed by atoms with E-state index in [-0.39, 0.29) is 7.11 Å². The topological polar surface area (TPSA) is 61.8 Å². The molecular formula is C4H3F5O5S. The van der Waals surface area contributed by atoms with E-state index >= 15 is 0 Å². The van der Waals surface area contributed by atoms with Crippen molar-refractivity contribution in [1.82, 2.24) is 0 Å². The molecule has 0 radical (unpaired) electrons. The summed E-state index contributed by atoms with van der Waals surface area (Å²) in [5.41, 5.74) is 0. The van der Waals surface area contributed by atoms with E-state index in [1.54, 1.807) is 0 Å². The lowest BCUT2D eigenvalue weighted by Crippen LogP contribution is -2.58. The molecule has 1 rings (SSSR count). The van der Waals surface area contributed by atoms with Gasteiger partial charge in [-0.25, -0.2) is 0 Å². The van der Waals surface area contributed by atoms with Crippen LogP contribution in [0.4, 0.5) is 22.0 Å². The first-order valence-electron chi connectivity index (χ1n) is 3.13. The van der Waals surface area contributed by atoms with Crippen LogP contribution in [-0.4, -0.2) is 33.6 Å². The summed E-state index contributed by atoms with van der Waals surface area (Å²) in [6.07, 6.45) is -11.0. The highest BCUT2D eigenvalue weighted by Gasteiger charge is 2.81. The predicted octanol–water partition coefficient (Wildman–Crippen LogP) is 0.776. The Morgan fingerprint density at radius 1 is 1.20 bits per heavy atom. The quantitative estimate of drug-likeness (QED) is 0.650. The number of methoxy groups -OCH3 is 1. The van der Waals surface area contributed by atoms with Crippen molar-refractivity contribution in [3.05, 3.63) is 0 Å². The Labute approximate surface area is 80.0 Å². The fourth-order valence-corrected chi connectivity index (χ4v) is 1.82. The van der Waals surface area contributed by atoms with Gasteiger partial charge in [0.05, 0.1) is 0 Å². The van der Waals surface area contributed by atoms with Crippen molar-refractivity contribution in [2.45, 2.75) is 18.1 Å². The third-order valence-electron chi connectivity index (χ3n) is 1.47. The molecule has 15 heavy (non-hydrogen) atoms. The normalized spacial score (nSPS) is 34.3. The first-order valence-corrected chi connectivity index (χ1v) is 4.47. The molecule has 1 heterocycles. The average molecular weight is 258 g/mol. The maximum absolute atomic E-state index is 12.7. The number of hydrogen-bond acceptors (Lipinski definition) is 5. The number of hydrogen-bond donors (Lipinski definition) is 0. The van der Waals surface area contributed by atoms with Gasteiger partial charge in [-0.15, -0.1) is 0 Å². The minimum absolute atomic E-state index is 0.214. The van der Waals surface area contributed by atoms with Crippen LogP contribution in [0, 0.1) is 0 Å². The van der Waals surface area contributed by atoms with Crippen molar-refractivity contribution in [1.29, 1.82) is 0 Å². The fourth-order valence-electron chi connectivity index (χ4n) is 0.873. The second-order valence-electron chi connectivity index (χ2n) is 2.41. The van der Waals surface area contributed by atoms with Crippen LogP contribution < -0.4 is 0 Å². The molecule has 1 saturated heterocycles. The highest BCUT2D eigenvalue weighted by Crippen LogP contribution is 2.52. The number of rotatable bonds is 1. The summed E-state index contributed by atoms with van der Waals surface area (Å²) in [5.74, 6) is -4.64. The van der Waals surface area contributed by atoms with Crippen LogP contribution in [-0.2, 0) is 23.5 Å². The molecule has 0 spiro atoms. The van der Waals surface area contributed by atoms with Crippen LogP contribution in [0.2, 0.25) is 0 Å². The van der Waals surface area contributed by atoms with Crippen LogP contribution >= 0.6 is 0 Å². The molecule has 0 saturated carbocycles. The van der Waals surface area contributed by atoms with Crippen LogP contribution in [0.15, 0.2) is 0 Å². The lowest BCUT2D eigenvalue weighted by atomic mass is 10.2. The van der Waals surface area contributed by atoms with E-state index in [2.05, 4.69) is 13.1 Å². The SMILES string of the molecule is COC1(C(F)(F)F)OS(=O)(=O)OC1(F)F. The van der Waals surface area contributed by atoms with Gasteiger partial charge in [0.1, 0.15) is 0 Å². The molecule has 0 aliphatic carbocycles. The smallest absolute Gasteiger partial charge is 0.338 e. The molecule has 1 atom stereocenters. The largest absolute Gasteiger partial charge is 0.454 e. The average Bonchev–Trinajstić information content (AvgIpc) is 2.13. The molecule has 90 valence electrons. The summed E-state index contributed by atoms with van der Waals surface area (Å²) in [6.45, 7) is 0. The second kappa shape index (κ2) is 2.99. The maximum atomic E-state index is 12.7. The Morgan fingerprint density at radius 2 is 1.67 bits per heavy atom. The van der Waals surface area contributed by atoms with Gasteiger partial charge in [0.15, 0.2) is 0 Å². The van der Waals surface area contributed by atoms with Gasteiger partial charge in [0.25, 0.3) is 0 Å². The summed E-state index contributed by atoms with van der Waals surface area (Å²) >= 11 is 0. The molecule has 1 aliphatic heterocycles. The first kappa shape index (κ1) is 12.5. The molecule has 0 aromatic carbocycles. The third-order valence-corrected chi connectivity index (χ3v) is 2.32. The van der Waals surface area contributed by atoms with Crippen molar-refractivity contribution in [2.24, 2.45) is 0 Å². The van der Waals surface area contributed by atoms with Crippen molar-refractivity contribution in [2.75, 3.05) is 7.11 Å². The van der Waals surface area contributed by atoms with Gasteiger partial charge in [-0.1, -0.05) is 0 Å². The van der Waals surface area contributed by atoms with E-state index in [0.29, 0.717) is 0 Å². The molecule has 0 bridgehead atoms. The summed E-state index contributed by atoms with van der Waals surface area (Å²) in [6, 6.07) is 0. The summed E-state index contributed by atoms with van der Waals surface area (Å²) in [5, 5.41) is 0. The maximum Gasteiger partial charge on any atom is 0.454 e. The fraction of sp³-hybridized carbons (Fsp3) is 1.00. The third kappa shape index (κ3) is 1.68. The van der Waals surface area contributed by atoms with Gasteiger partial charge in [-0.2, -0.15) is 38.7 Å². The van der Waals surface area contributed by atoms with Gasteiger partial charge in [0.2, 0.25) is 0 Å². The predicted molar refractivity (Wildman–Crippen MR) is 31.8 cm³/mol. The molecule has 0 aromatic rings. The van der Waals surface area contributed by atoms with Crippen molar-refractivity contribution in [3.63, 3.8) is 0 Å². The second-order valence-corrected chi connectivity index (χ2v) is 3.56. The van der Waals surface area contributed by atoms with Gasteiger partial charge in [-0.05, 0) is 0 Å². The Bertz CT molecular complexity index is 360. The molecule has 5 nitrogen and oxygen atoms in total. The minimum atomic E-state index is -5.78. The Morgan fingerprint density at radius 3 is 1.80 bits per heavy atom. The molecule has 1 unspecified atom stereocenters. The van der Waals surface area contributed by atoms with E-state index in [9.17, 15) is 30.4 Å². The zero-order chi connectivity index (χ0) is 12.1. The monoisotopic (exact) mass is 258 g/mol. The molecule has 11 heteroatoms. The zero-order valence-electron chi connectivity index (χ0n) is 6.84. The lowest BCUT2D eigenvalue weighted by molar-refractivity contribution is -0.427. The molecule has 1 fully saturated rings. The molecule has 1 aliphatic rings. The summed E-state index contributed by atoms with van der Waals surface area (Å²) in [7, 11) is -5.24. The van der Waals surface area contributed by atoms with Crippen LogP contribution in [0.1, 0.15) is 0 Å². The lowest BCUT2D eigenvalue weighted by Gasteiger charge is -2.29. The number of halogens is 5. The van der Waals surface area contributed by atoms with Crippen molar-refractivity contribution in [3.8, 4) is 0 Å². The van der Waals surface area contributed by atoms with Gasteiger partial charge < -0.3 is 4.74 Å². The number of alkyl halides is 5. The standard InChI is InChI=1S/C4H3F5O5S/c1-12-2(3(5,6)7)4(8,9)14-15(10,11)13-2/h1H3. The molecule has 0 aromatic heterocycles. The Balaban J connectivity index is 3.34. The van der Waals surface area contributed by atoms with E-state index < -0.39 is 28.5 Å². The molecule has 0 N–H and O–H groups in total. The van der Waals surface area contributed by atoms with E-state index in [4.69, 9.17) is 0 Å². The van der Waals surface area contributed by atoms with Gasteiger partial charge >= 0.3 is 28.5 Å². The highest BCUT2D eigenvalue weighted by atomic mass is 32.3. The van der Waals surface area contributed by atoms with Crippen LogP contribution in [0.25, 0.3) is 0 Å². The van der Waals surface area contributed by atoms with Gasteiger partial charge in [-0.3, -0.25) is 0 Å². The van der Waals surface area contributed by atoms with E-state index in [1.807, 2.05) is 0 Å². The Hall–Kier alpha value is -0.520. The summed E-state index contributed by atoms with van der Waals surface area (Å²) < 4.78 is 92.0. The van der Waals surface area contributed by atoms with Gasteiger partial charge in [0, 0.05) is 7.11 Å². The van der Waals surface area contributed by atoms with Crippen molar-refractivity contribution >= 4 is 10.4 Å². The highest BCUT2D eigenvalue weighted by molar-refractivity contribution is 7.82. The first-order chi connectivity index (χ1) is 6.47. The molecule has 0 amide bonds.